The molecule has 286 valence electrons. The van der Waals surface area contributed by atoms with Crippen molar-refractivity contribution in [3.63, 3.8) is 0 Å². The minimum absolute atomic E-state index is 0.103. The molecular formula is C40H50N8O6. The number of carbonyl (C=O) groups excluding carboxylic acids is 4. The predicted octanol–water partition coefficient (Wildman–Crippen LogP) is 7.02. The number of hydrazine groups is 1. The molecule has 2 saturated heterocycles. The van der Waals surface area contributed by atoms with Crippen molar-refractivity contribution in [2.45, 2.75) is 77.5 Å². The molecule has 0 saturated carbocycles. The van der Waals surface area contributed by atoms with Crippen LogP contribution in [0, 0.1) is 5.92 Å². The third-order valence-electron chi connectivity index (χ3n) is 10.2. The molecule has 0 spiro atoms. The van der Waals surface area contributed by atoms with Crippen LogP contribution in [0.5, 0.6) is 0 Å². The fraction of sp³-hybridized carbons (Fsp3) is 0.425. The first-order chi connectivity index (χ1) is 26.0. The summed E-state index contributed by atoms with van der Waals surface area (Å²) in [5.41, 5.74) is 9.45. The van der Waals surface area contributed by atoms with Gasteiger partial charge in [-0.05, 0) is 79.8 Å². The summed E-state index contributed by atoms with van der Waals surface area (Å²) in [7, 11) is 2.56. The maximum atomic E-state index is 13.5. The summed E-state index contributed by atoms with van der Waals surface area (Å²) >= 11 is 0. The van der Waals surface area contributed by atoms with E-state index < -0.39 is 18.2 Å². The molecule has 0 aliphatic carbocycles. The second-order valence-electron chi connectivity index (χ2n) is 14.4. The van der Waals surface area contributed by atoms with Crippen molar-refractivity contribution < 1.29 is 28.7 Å². The van der Waals surface area contributed by atoms with Crippen LogP contribution in [0.15, 0.2) is 66.9 Å². The molecule has 4 aromatic rings. The highest BCUT2D eigenvalue weighted by Gasteiger charge is 2.38. The summed E-state index contributed by atoms with van der Waals surface area (Å²) in [5.74, 6) is 0.484. The average Bonchev–Trinajstić information content (AvgIpc) is 4.02. The monoisotopic (exact) mass is 738 g/mol. The molecule has 5 amide bonds. The summed E-state index contributed by atoms with van der Waals surface area (Å²) in [5, 5.41) is 4.01. The Morgan fingerprint density at radius 3 is 1.91 bits per heavy atom. The van der Waals surface area contributed by atoms with E-state index >= 15 is 0 Å². The Morgan fingerprint density at radius 2 is 1.31 bits per heavy atom. The van der Waals surface area contributed by atoms with Crippen LogP contribution in [-0.2, 0) is 14.3 Å². The number of ether oxygens (including phenoxy) is 2. The van der Waals surface area contributed by atoms with Crippen LogP contribution in [0.2, 0.25) is 0 Å². The first-order valence-corrected chi connectivity index (χ1v) is 18.5. The van der Waals surface area contributed by atoms with Gasteiger partial charge in [0.25, 0.3) is 0 Å². The summed E-state index contributed by atoms with van der Waals surface area (Å²) in [6.45, 7) is 8.67. The van der Waals surface area contributed by atoms with Crippen molar-refractivity contribution in [1.82, 2.24) is 40.5 Å². The van der Waals surface area contributed by atoms with Gasteiger partial charge in [0.05, 0.1) is 38.2 Å². The molecular weight excluding hydrogens is 688 g/mol. The number of amides is 5. The standard InChI is InChI=1S/C40H50N8O6/c1-24(2)35(44-38(50)53-5)37(49)46-21-8-10-34(46)36-41-23-32(43-36)29-17-13-27(14-18-29)26-11-15-28(16-12-26)30-19-20-31(42-30)33-9-7-22-47(33)40(52)48(25(3)4)45-39(51)54-6/h11-20,23-25,33-35,42H,7-10,21-22H2,1-6H3,(H,41,43)(H,44,50)(H,45,51)/t33-,34+,35+/m1/s1. The number of urea groups is 1. The maximum absolute atomic E-state index is 13.5. The molecule has 2 aromatic heterocycles. The Balaban J connectivity index is 1.11. The van der Waals surface area contributed by atoms with Gasteiger partial charge in [-0.15, -0.1) is 0 Å². The van der Waals surface area contributed by atoms with Crippen molar-refractivity contribution in [2.24, 2.45) is 5.92 Å². The second-order valence-corrected chi connectivity index (χ2v) is 14.4. The summed E-state index contributed by atoms with van der Waals surface area (Å²) in [6.07, 6.45) is 3.81. The lowest BCUT2D eigenvalue weighted by atomic mass is 10.0. The van der Waals surface area contributed by atoms with Crippen molar-refractivity contribution in [3.8, 4) is 33.6 Å². The van der Waals surface area contributed by atoms with Crippen LogP contribution in [0.1, 0.15) is 77.0 Å². The number of hydrogen-bond acceptors (Lipinski definition) is 7. The fourth-order valence-corrected chi connectivity index (χ4v) is 7.30. The molecule has 2 aromatic carbocycles. The van der Waals surface area contributed by atoms with E-state index in [1.807, 2.05) is 44.7 Å². The van der Waals surface area contributed by atoms with Crippen LogP contribution in [0.25, 0.3) is 33.6 Å². The lowest BCUT2D eigenvalue weighted by Gasteiger charge is -2.33. The largest absolute Gasteiger partial charge is 0.453 e. The van der Waals surface area contributed by atoms with E-state index in [-0.39, 0.29) is 36.0 Å². The molecule has 0 unspecified atom stereocenters. The fourth-order valence-electron chi connectivity index (χ4n) is 7.30. The zero-order valence-electron chi connectivity index (χ0n) is 31.7. The first-order valence-electron chi connectivity index (χ1n) is 18.5. The number of imidazole rings is 1. The number of aromatic amines is 2. The van der Waals surface area contributed by atoms with Gasteiger partial charge in [0.1, 0.15) is 11.9 Å². The minimum atomic E-state index is -0.685. The van der Waals surface area contributed by atoms with Gasteiger partial charge in [-0.2, -0.15) is 0 Å². The van der Waals surface area contributed by atoms with E-state index in [0.29, 0.717) is 13.1 Å². The quantitative estimate of drug-likeness (QED) is 0.134. The Morgan fingerprint density at radius 1 is 0.741 bits per heavy atom. The van der Waals surface area contributed by atoms with E-state index in [1.165, 1.54) is 19.2 Å². The smallest absolute Gasteiger partial charge is 0.425 e. The summed E-state index contributed by atoms with van der Waals surface area (Å²) in [6, 6.07) is 19.1. The zero-order chi connectivity index (χ0) is 38.5. The highest BCUT2D eigenvalue weighted by Crippen LogP contribution is 2.36. The highest BCUT2D eigenvalue weighted by molar-refractivity contribution is 5.86. The van der Waals surface area contributed by atoms with Crippen molar-refractivity contribution in [3.05, 3.63) is 78.4 Å². The van der Waals surface area contributed by atoms with E-state index in [4.69, 9.17) is 9.47 Å². The zero-order valence-corrected chi connectivity index (χ0v) is 31.7. The number of nitrogens with one attached hydrogen (secondary N) is 4. The van der Waals surface area contributed by atoms with Crippen LogP contribution in [0.4, 0.5) is 14.4 Å². The molecule has 54 heavy (non-hydrogen) atoms. The Kier molecular flexibility index (Phi) is 11.6. The van der Waals surface area contributed by atoms with E-state index in [1.54, 1.807) is 11.1 Å². The number of hydrogen-bond donors (Lipinski definition) is 4. The van der Waals surface area contributed by atoms with Crippen LogP contribution >= 0.6 is 0 Å². The number of likely N-dealkylation sites (tertiary alicyclic amines) is 2. The predicted molar refractivity (Wildman–Crippen MR) is 204 cm³/mol. The Bertz CT molecular complexity index is 1800. The third kappa shape index (κ3) is 8.07. The van der Waals surface area contributed by atoms with Crippen molar-refractivity contribution in [1.29, 1.82) is 0 Å². The SMILES string of the molecule is COC(=O)N[C@H](C(=O)N1CCC[C@H]1c1ncc(-c2ccc(-c3ccc(-c4ccc([C@H]5CCCN5C(=O)N(NC(=O)OC)C(C)C)[nH]4)cc3)cc2)[nH]1)C(C)C. The number of aromatic nitrogens is 3. The molecule has 3 atom stereocenters. The normalized spacial score (nSPS) is 17.5. The van der Waals surface area contributed by atoms with Crippen molar-refractivity contribution in [2.75, 3.05) is 27.3 Å². The van der Waals surface area contributed by atoms with Gasteiger partial charge < -0.3 is 34.6 Å². The number of alkyl carbamates (subject to hydrolysis) is 1. The summed E-state index contributed by atoms with van der Waals surface area (Å²) in [4.78, 5) is 66.1. The minimum Gasteiger partial charge on any atom is -0.453 e. The molecule has 2 aliphatic heterocycles. The first kappa shape index (κ1) is 38.0. The molecule has 14 nitrogen and oxygen atoms in total. The number of carbonyl (C=O) groups is 4. The van der Waals surface area contributed by atoms with E-state index in [0.717, 1.165) is 70.8 Å². The van der Waals surface area contributed by atoms with E-state index in [9.17, 15) is 19.2 Å². The average molecular weight is 739 g/mol. The highest BCUT2D eigenvalue weighted by atomic mass is 16.5. The Hall–Kier alpha value is -5.79. The molecule has 14 heteroatoms. The molecule has 4 N–H and O–H groups in total. The molecule has 4 heterocycles. The molecule has 0 bridgehead atoms. The second kappa shape index (κ2) is 16.5. The number of methoxy groups -OCH3 is 2. The molecule has 2 aliphatic rings. The van der Waals surface area contributed by atoms with Gasteiger partial charge in [0.15, 0.2) is 0 Å². The third-order valence-corrected chi connectivity index (χ3v) is 10.2. The van der Waals surface area contributed by atoms with Gasteiger partial charge in [-0.3, -0.25) is 4.79 Å². The summed E-state index contributed by atoms with van der Waals surface area (Å²) < 4.78 is 9.47. The number of benzene rings is 2. The number of rotatable bonds is 9. The molecule has 2 fully saturated rings. The van der Waals surface area contributed by atoms with Crippen molar-refractivity contribution >= 4 is 24.1 Å². The van der Waals surface area contributed by atoms with Crippen LogP contribution in [-0.4, -0.2) is 93.3 Å². The van der Waals surface area contributed by atoms with Gasteiger partial charge in [0.2, 0.25) is 5.91 Å². The van der Waals surface area contributed by atoms with Gasteiger partial charge in [0, 0.05) is 30.5 Å². The molecule has 0 radical (unpaired) electrons. The van der Waals surface area contributed by atoms with Crippen LogP contribution < -0.4 is 10.7 Å². The topological polar surface area (TPSA) is 165 Å². The van der Waals surface area contributed by atoms with E-state index in [2.05, 4.69) is 74.2 Å². The van der Waals surface area contributed by atoms with Gasteiger partial charge >= 0.3 is 18.2 Å². The van der Waals surface area contributed by atoms with Gasteiger partial charge in [-0.25, -0.2) is 29.8 Å². The number of nitrogens with zero attached hydrogens (tertiary/aromatic N) is 4. The lowest BCUT2D eigenvalue weighted by Crippen LogP contribution is -2.54. The van der Waals surface area contributed by atoms with Gasteiger partial charge in [-0.1, -0.05) is 62.4 Å². The van der Waals surface area contributed by atoms with Crippen LogP contribution in [0.3, 0.4) is 0 Å². The number of H-pyrrole nitrogens is 2. The Labute approximate surface area is 315 Å². The lowest BCUT2D eigenvalue weighted by molar-refractivity contribution is -0.135. The maximum Gasteiger partial charge on any atom is 0.425 e. The molecule has 6 rings (SSSR count).